The number of carbonyl (C=O) groups is 2. The number of amides is 1. The second-order valence-corrected chi connectivity index (χ2v) is 5.50. The maximum Gasteiger partial charge on any atom is 0.326 e. The lowest BCUT2D eigenvalue weighted by Crippen LogP contribution is -2.46. The SMILES string of the molecule is CCC(C)CC(=O)NC(C(=O)O)C1CCCCC1. The maximum absolute atomic E-state index is 11.8. The van der Waals surface area contributed by atoms with Gasteiger partial charge in [0, 0.05) is 6.42 Å². The van der Waals surface area contributed by atoms with E-state index in [0.717, 1.165) is 32.1 Å². The molecule has 1 fully saturated rings. The van der Waals surface area contributed by atoms with Gasteiger partial charge in [-0.05, 0) is 24.7 Å². The normalized spacial score (nSPS) is 20.1. The van der Waals surface area contributed by atoms with Crippen molar-refractivity contribution in [2.75, 3.05) is 0 Å². The first-order chi connectivity index (χ1) is 8.54. The summed E-state index contributed by atoms with van der Waals surface area (Å²) in [6, 6.07) is -0.693. The predicted molar refractivity (Wildman–Crippen MR) is 70.2 cm³/mol. The van der Waals surface area contributed by atoms with Crippen LogP contribution in [0.15, 0.2) is 0 Å². The van der Waals surface area contributed by atoms with Crippen molar-refractivity contribution in [1.29, 1.82) is 0 Å². The Morgan fingerprint density at radius 2 is 1.89 bits per heavy atom. The molecule has 1 saturated carbocycles. The molecule has 1 aliphatic rings. The molecule has 0 aromatic heterocycles. The largest absolute Gasteiger partial charge is 0.480 e. The molecule has 0 spiro atoms. The van der Waals surface area contributed by atoms with Crippen LogP contribution in [0.3, 0.4) is 0 Å². The van der Waals surface area contributed by atoms with Gasteiger partial charge in [0.1, 0.15) is 6.04 Å². The van der Waals surface area contributed by atoms with Crippen LogP contribution in [0, 0.1) is 11.8 Å². The fourth-order valence-corrected chi connectivity index (χ4v) is 2.54. The molecule has 2 N–H and O–H groups in total. The van der Waals surface area contributed by atoms with Gasteiger partial charge in [-0.15, -0.1) is 0 Å². The Labute approximate surface area is 109 Å². The molecule has 0 aliphatic heterocycles. The van der Waals surface area contributed by atoms with Crippen LogP contribution in [-0.4, -0.2) is 23.0 Å². The molecule has 0 heterocycles. The minimum Gasteiger partial charge on any atom is -0.480 e. The van der Waals surface area contributed by atoms with Crippen molar-refractivity contribution >= 4 is 11.9 Å². The number of hydrogen-bond acceptors (Lipinski definition) is 2. The van der Waals surface area contributed by atoms with Gasteiger partial charge in [0.2, 0.25) is 5.91 Å². The highest BCUT2D eigenvalue weighted by atomic mass is 16.4. The summed E-state index contributed by atoms with van der Waals surface area (Å²) in [4.78, 5) is 23.1. The quantitative estimate of drug-likeness (QED) is 0.766. The third-order valence-corrected chi connectivity index (χ3v) is 3.93. The monoisotopic (exact) mass is 255 g/mol. The van der Waals surface area contributed by atoms with Crippen LogP contribution >= 0.6 is 0 Å². The fraction of sp³-hybridized carbons (Fsp3) is 0.857. The lowest BCUT2D eigenvalue weighted by molar-refractivity contribution is -0.144. The number of hydrogen-bond donors (Lipinski definition) is 2. The van der Waals surface area contributed by atoms with Crippen LogP contribution in [0.25, 0.3) is 0 Å². The van der Waals surface area contributed by atoms with Gasteiger partial charge >= 0.3 is 5.97 Å². The molecular weight excluding hydrogens is 230 g/mol. The zero-order valence-corrected chi connectivity index (χ0v) is 11.4. The van der Waals surface area contributed by atoms with E-state index in [4.69, 9.17) is 0 Å². The Morgan fingerprint density at radius 3 is 2.39 bits per heavy atom. The molecule has 4 heteroatoms. The Morgan fingerprint density at radius 1 is 1.28 bits per heavy atom. The van der Waals surface area contributed by atoms with Crippen LogP contribution in [0.1, 0.15) is 58.8 Å². The van der Waals surface area contributed by atoms with Crippen molar-refractivity contribution in [1.82, 2.24) is 5.32 Å². The molecule has 0 saturated heterocycles. The molecule has 18 heavy (non-hydrogen) atoms. The molecular formula is C14H25NO3. The van der Waals surface area contributed by atoms with Crippen LogP contribution in [-0.2, 0) is 9.59 Å². The predicted octanol–water partition coefficient (Wildman–Crippen LogP) is 2.57. The van der Waals surface area contributed by atoms with E-state index in [9.17, 15) is 14.7 Å². The molecule has 1 aliphatic carbocycles. The van der Waals surface area contributed by atoms with E-state index in [-0.39, 0.29) is 11.8 Å². The maximum atomic E-state index is 11.8. The Kier molecular flexibility index (Phi) is 6.16. The molecule has 4 nitrogen and oxygen atoms in total. The molecule has 0 radical (unpaired) electrons. The first kappa shape index (κ1) is 15.0. The highest BCUT2D eigenvalue weighted by Crippen LogP contribution is 2.26. The second kappa shape index (κ2) is 7.39. The summed E-state index contributed by atoms with van der Waals surface area (Å²) in [6.07, 6.45) is 6.54. The topological polar surface area (TPSA) is 66.4 Å². The van der Waals surface area contributed by atoms with Gasteiger partial charge in [-0.25, -0.2) is 4.79 Å². The van der Waals surface area contributed by atoms with E-state index in [2.05, 4.69) is 5.32 Å². The van der Waals surface area contributed by atoms with Gasteiger partial charge < -0.3 is 10.4 Å². The van der Waals surface area contributed by atoms with Crippen LogP contribution in [0.2, 0.25) is 0 Å². The Bertz CT molecular complexity index is 285. The summed E-state index contributed by atoms with van der Waals surface area (Å²) in [5.74, 6) is -0.593. The number of rotatable bonds is 6. The van der Waals surface area contributed by atoms with E-state index in [1.165, 1.54) is 6.42 Å². The van der Waals surface area contributed by atoms with Crippen LogP contribution < -0.4 is 5.32 Å². The number of carbonyl (C=O) groups excluding carboxylic acids is 1. The minimum absolute atomic E-state index is 0.108. The summed E-state index contributed by atoms with van der Waals surface area (Å²) in [6.45, 7) is 4.05. The van der Waals surface area contributed by atoms with Crippen LogP contribution in [0.4, 0.5) is 0 Å². The molecule has 2 unspecified atom stereocenters. The number of carboxylic acids is 1. The lowest BCUT2D eigenvalue weighted by atomic mass is 9.83. The van der Waals surface area contributed by atoms with Crippen molar-refractivity contribution in [3.05, 3.63) is 0 Å². The molecule has 0 aromatic carbocycles. The van der Waals surface area contributed by atoms with Crippen molar-refractivity contribution in [2.45, 2.75) is 64.8 Å². The van der Waals surface area contributed by atoms with E-state index >= 15 is 0 Å². The average molecular weight is 255 g/mol. The van der Waals surface area contributed by atoms with Gasteiger partial charge in [-0.3, -0.25) is 4.79 Å². The van der Waals surface area contributed by atoms with E-state index < -0.39 is 12.0 Å². The second-order valence-electron chi connectivity index (χ2n) is 5.50. The molecule has 104 valence electrons. The summed E-state index contributed by atoms with van der Waals surface area (Å²) in [5, 5.41) is 12.0. The number of aliphatic carboxylic acids is 1. The Balaban J connectivity index is 2.51. The molecule has 2 atom stereocenters. The van der Waals surface area contributed by atoms with E-state index in [1.54, 1.807) is 0 Å². The standard InChI is InChI=1S/C14H25NO3/c1-3-10(2)9-12(16)15-13(14(17)18)11-7-5-4-6-8-11/h10-11,13H,3-9H2,1-2H3,(H,15,16)(H,17,18). The van der Waals surface area contributed by atoms with Gasteiger partial charge in [-0.1, -0.05) is 39.5 Å². The third kappa shape index (κ3) is 4.67. The van der Waals surface area contributed by atoms with Crippen molar-refractivity contribution in [3.8, 4) is 0 Å². The van der Waals surface area contributed by atoms with Gasteiger partial charge in [0.25, 0.3) is 0 Å². The molecule has 0 bridgehead atoms. The highest BCUT2D eigenvalue weighted by Gasteiger charge is 2.30. The summed E-state index contributed by atoms with van der Waals surface area (Å²) in [7, 11) is 0. The smallest absolute Gasteiger partial charge is 0.326 e. The lowest BCUT2D eigenvalue weighted by Gasteiger charge is -2.28. The van der Waals surface area contributed by atoms with Crippen molar-refractivity contribution in [2.24, 2.45) is 11.8 Å². The molecule has 1 amide bonds. The van der Waals surface area contributed by atoms with Gasteiger partial charge in [0.05, 0.1) is 0 Å². The minimum atomic E-state index is -0.889. The highest BCUT2D eigenvalue weighted by molar-refractivity contribution is 5.83. The van der Waals surface area contributed by atoms with Crippen molar-refractivity contribution < 1.29 is 14.7 Å². The average Bonchev–Trinajstić information content (AvgIpc) is 2.36. The third-order valence-electron chi connectivity index (χ3n) is 3.93. The summed E-state index contributed by atoms with van der Waals surface area (Å²) < 4.78 is 0. The van der Waals surface area contributed by atoms with Gasteiger partial charge in [0.15, 0.2) is 0 Å². The number of carboxylic acid groups (broad SMARTS) is 1. The molecule has 1 rings (SSSR count). The van der Waals surface area contributed by atoms with E-state index in [0.29, 0.717) is 12.3 Å². The fourth-order valence-electron chi connectivity index (χ4n) is 2.54. The van der Waals surface area contributed by atoms with Crippen molar-refractivity contribution in [3.63, 3.8) is 0 Å². The van der Waals surface area contributed by atoms with Crippen LogP contribution in [0.5, 0.6) is 0 Å². The Hall–Kier alpha value is -1.06. The summed E-state index contributed by atoms with van der Waals surface area (Å²) in [5.41, 5.74) is 0. The van der Waals surface area contributed by atoms with Gasteiger partial charge in [-0.2, -0.15) is 0 Å². The first-order valence-corrected chi connectivity index (χ1v) is 7.06. The number of nitrogens with one attached hydrogen (secondary N) is 1. The van der Waals surface area contributed by atoms with E-state index in [1.807, 2.05) is 13.8 Å². The zero-order chi connectivity index (χ0) is 13.5. The summed E-state index contributed by atoms with van der Waals surface area (Å²) >= 11 is 0. The molecule has 0 aromatic rings. The first-order valence-electron chi connectivity index (χ1n) is 7.06. The zero-order valence-electron chi connectivity index (χ0n) is 11.4.